The van der Waals surface area contributed by atoms with Gasteiger partial charge >= 0.3 is 0 Å². The molecule has 0 aliphatic carbocycles. The second-order valence-corrected chi connectivity index (χ2v) is 9.47. The summed E-state index contributed by atoms with van der Waals surface area (Å²) in [5.41, 5.74) is 13.7. The SMILES string of the molecule is C1=Cc2cccc(-c3cccc(-c4ccc(C5Nc6ccccc6-c6ccccc65)cc4)c3)c2NC1. The number of nitrogens with one attached hydrogen (secondary N) is 2. The van der Waals surface area contributed by atoms with Gasteiger partial charge < -0.3 is 10.6 Å². The van der Waals surface area contributed by atoms with Crippen LogP contribution in [0, 0.1) is 0 Å². The number of hydrogen-bond donors (Lipinski definition) is 2. The van der Waals surface area contributed by atoms with Gasteiger partial charge in [-0.2, -0.15) is 0 Å². The molecule has 2 N–H and O–H groups in total. The van der Waals surface area contributed by atoms with E-state index in [1.54, 1.807) is 0 Å². The van der Waals surface area contributed by atoms with Crippen molar-refractivity contribution < 1.29 is 0 Å². The molecule has 5 aromatic rings. The van der Waals surface area contributed by atoms with Crippen LogP contribution in [-0.2, 0) is 0 Å². The highest BCUT2D eigenvalue weighted by molar-refractivity contribution is 5.88. The Morgan fingerprint density at radius 3 is 2.25 bits per heavy atom. The molecule has 1 unspecified atom stereocenters. The average molecular weight is 463 g/mol. The third kappa shape index (κ3) is 3.50. The summed E-state index contributed by atoms with van der Waals surface area (Å²) in [4.78, 5) is 0. The van der Waals surface area contributed by atoms with Crippen molar-refractivity contribution in [1.82, 2.24) is 0 Å². The summed E-state index contributed by atoms with van der Waals surface area (Å²) in [5, 5.41) is 7.33. The van der Waals surface area contributed by atoms with Gasteiger partial charge in [-0.3, -0.25) is 0 Å². The molecule has 0 bridgehead atoms. The Morgan fingerprint density at radius 1 is 0.583 bits per heavy atom. The summed E-state index contributed by atoms with van der Waals surface area (Å²) in [6.45, 7) is 0.869. The van der Waals surface area contributed by atoms with E-state index >= 15 is 0 Å². The summed E-state index contributed by atoms with van der Waals surface area (Å²) < 4.78 is 0. The molecule has 7 rings (SSSR count). The van der Waals surface area contributed by atoms with E-state index in [1.165, 1.54) is 61.4 Å². The first kappa shape index (κ1) is 20.8. The van der Waals surface area contributed by atoms with Crippen LogP contribution in [0.15, 0.2) is 121 Å². The van der Waals surface area contributed by atoms with Crippen LogP contribution in [0.25, 0.3) is 39.5 Å². The van der Waals surface area contributed by atoms with E-state index in [1.807, 2.05) is 0 Å². The monoisotopic (exact) mass is 462 g/mol. The fourth-order valence-corrected chi connectivity index (χ4v) is 5.56. The normalized spacial score (nSPS) is 15.2. The number of rotatable bonds is 3. The van der Waals surface area contributed by atoms with Crippen molar-refractivity contribution in [3.8, 4) is 33.4 Å². The Hall–Kier alpha value is -4.56. The fourth-order valence-electron chi connectivity index (χ4n) is 5.56. The summed E-state index contributed by atoms with van der Waals surface area (Å²) in [6.07, 6.45) is 4.37. The van der Waals surface area contributed by atoms with Gasteiger partial charge in [0.05, 0.1) is 6.04 Å². The van der Waals surface area contributed by atoms with E-state index in [4.69, 9.17) is 0 Å². The van der Waals surface area contributed by atoms with Crippen LogP contribution in [0.2, 0.25) is 0 Å². The average Bonchev–Trinajstić information content (AvgIpc) is 2.96. The molecule has 36 heavy (non-hydrogen) atoms. The predicted molar refractivity (Wildman–Crippen MR) is 152 cm³/mol. The lowest BCUT2D eigenvalue weighted by atomic mass is 9.86. The number of hydrogen-bond acceptors (Lipinski definition) is 2. The van der Waals surface area contributed by atoms with Gasteiger partial charge in [0.2, 0.25) is 0 Å². The van der Waals surface area contributed by atoms with Crippen LogP contribution in [0.5, 0.6) is 0 Å². The van der Waals surface area contributed by atoms with Gasteiger partial charge in [0.25, 0.3) is 0 Å². The molecule has 0 radical (unpaired) electrons. The number of benzene rings is 5. The number of anilines is 2. The number of para-hydroxylation sites is 2. The molecular formula is C34H26N2. The maximum absolute atomic E-state index is 3.78. The predicted octanol–water partition coefficient (Wildman–Crippen LogP) is 8.64. The maximum Gasteiger partial charge on any atom is 0.0773 e. The Balaban J connectivity index is 1.23. The highest BCUT2D eigenvalue weighted by Crippen LogP contribution is 2.43. The van der Waals surface area contributed by atoms with Gasteiger partial charge in [0.15, 0.2) is 0 Å². The van der Waals surface area contributed by atoms with Crippen molar-refractivity contribution in [3.05, 3.63) is 138 Å². The smallest absolute Gasteiger partial charge is 0.0773 e. The second-order valence-electron chi connectivity index (χ2n) is 9.47. The van der Waals surface area contributed by atoms with Crippen LogP contribution in [0.3, 0.4) is 0 Å². The Bertz CT molecular complexity index is 1610. The lowest BCUT2D eigenvalue weighted by Crippen LogP contribution is -2.17. The molecule has 172 valence electrons. The molecule has 0 saturated carbocycles. The van der Waals surface area contributed by atoms with E-state index in [-0.39, 0.29) is 6.04 Å². The maximum atomic E-state index is 3.78. The molecule has 2 heterocycles. The Morgan fingerprint density at radius 2 is 1.33 bits per heavy atom. The first-order valence-electron chi connectivity index (χ1n) is 12.5. The molecule has 0 fully saturated rings. The molecule has 0 aromatic heterocycles. The minimum absolute atomic E-state index is 0.131. The third-order valence-electron chi connectivity index (χ3n) is 7.33. The third-order valence-corrected chi connectivity index (χ3v) is 7.33. The largest absolute Gasteiger partial charge is 0.381 e. The van der Waals surface area contributed by atoms with E-state index in [2.05, 4.69) is 138 Å². The minimum atomic E-state index is 0.131. The van der Waals surface area contributed by atoms with Crippen LogP contribution < -0.4 is 10.6 Å². The topological polar surface area (TPSA) is 24.1 Å². The van der Waals surface area contributed by atoms with Gasteiger partial charge in [0.1, 0.15) is 0 Å². The summed E-state index contributed by atoms with van der Waals surface area (Å²) in [7, 11) is 0. The highest BCUT2D eigenvalue weighted by atomic mass is 14.9. The van der Waals surface area contributed by atoms with Crippen molar-refractivity contribution in [2.45, 2.75) is 6.04 Å². The molecule has 1 atom stereocenters. The molecule has 2 nitrogen and oxygen atoms in total. The molecule has 2 aliphatic rings. The van der Waals surface area contributed by atoms with Crippen LogP contribution in [0.1, 0.15) is 22.7 Å². The minimum Gasteiger partial charge on any atom is -0.381 e. The van der Waals surface area contributed by atoms with E-state index in [0.29, 0.717) is 0 Å². The first-order chi connectivity index (χ1) is 17.8. The molecule has 5 aromatic carbocycles. The standard InChI is InChI=1S/C34H26N2/c1-2-14-31-29(12-1)30-13-3-4-16-32(30)36-34(31)25-19-17-23(18-20-25)26-9-5-10-27(22-26)28-15-6-8-24-11-7-21-35-33(24)28/h1-20,22,34-36H,21H2. The lowest BCUT2D eigenvalue weighted by molar-refractivity contribution is 0.930. The quantitative estimate of drug-likeness (QED) is 0.280. The summed E-state index contributed by atoms with van der Waals surface area (Å²) in [5.74, 6) is 0. The van der Waals surface area contributed by atoms with E-state index in [0.717, 1.165) is 6.54 Å². The zero-order valence-electron chi connectivity index (χ0n) is 19.9. The summed E-state index contributed by atoms with van der Waals surface area (Å²) in [6, 6.07) is 41.8. The molecular weight excluding hydrogens is 436 g/mol. The van der Waals surface area contributed by atoms with Crippen LogP contribution in [0.4, 0.5) is 11.4 Å². The summed E-state index contributed by atoms with van der Waals surface area (Å²) >= 11 is 0. The van der Waals surface area contributed by atoms with Gasteiger partial charge in [-0.1, -0.05) is 115 Å². The molecule has 2 aliphatic heterocycles. The van der Waals surface area contributed by atoms with Crippen molar-refractivity contribution >= 4 is 17.5 Å². The molecule has 0 amide bonds. The fraction of sp³-hybridized carbons (Fsp3) is 0.0588. The van der Waals surface area contributed by atoms with Crippen molar-refractivity contribution in [2.75, 3.05) is 17.2 Å². The van der Waals surface area contributed by atoms with Gasteiger partial charge in [-0.25, -0.2) is 0 Å². The van der Waals surface area contributed by atoms with Crippen LogP contribution in [-0.4, -0.2) is 6.54 Å². The van der Waals surface area contributed by atoms with E-state index < -0.39 is 0 Å². The van der Waals surface area contributed by atoms with Crippen LogP contribution >= 0.6 is 0 Å². The van der Waals surface area contributed by atoms with Gasteiger partial charge in [0, 0.05) is 29.0 Å². The molecule has 0 spiro atoms. The molecule has 0 saturated heterocycles. The van der Waals surface area contributed by atoms with Gasteiger partial charge in [-0.15, -0.1) is 0 Å². The number of fused-ring (bicyclic) bond motifs is 4. The van der Waals surface area contributed by atoms with Crippen molar-refractivity contribution in [2.24, 2.45) is 0 Å². The first-order valence-corrected chi connectivity index (χ1v) is 12.5. The second kappa shape index (κ2) is 8.58. The zero-order valence-corrected chi connectivity index (χ0v) is 19.9. The van der Waals surface area contributed by atoms with Gasteiger partial charge in [-0.05, 0) is 51.1 Å². The molecule has 2 heteroatoms. The zero-order chi connectivity index (χ0) is 23.9. The van der Waals surface area contributed by atoms with E-state index in [9.17, 15) is 0 Å². The Labute approximate surface area is 212 Å². The highest BCUT2D eigenvalue weighted by Gasteiger charge is 2.24. The lowest BCUT2D eigenvalue weighted by Gasteiger charge is -2.30. The van der Waals surface area contributed by atoms with Crippen molar-refractivity contribution in [3.63, 3.8) is 0 Å². The Kier molecular flexibility index (Phi) is 4.96. The van der Waals surface area contributed by atoms with Crippen molar-refractivity contribution in [1.29, 1.82) is 0 Å².